The molecular formula is C13H23N3S. The monoisotopic (exact) mass is 253 g/mol. The van der Waals surface area contributed by atoms with Crippen molar-refractivity contribution in [3.63, 3.8) is 0 Å². The lowest BCUT2D eigenvalue weighted by Gasteiger charge is -2.32. The molecule has 3 nitrogen and oxygen atoms in total. The fourth-order valence-corrected chi connectivity index (χ4v) is 3.50. The summed E-state index contributed by atoms with van der Waals surface area (Å²) in [6, 6.07) is 0.585. The van der Waals surface area contributed by atoms with E-state index in [1.165, 1.54) is 25.7 Å². The van der Waals surface area contributed by atoms with Crippen LogP contribution in [-0.4, -0.2) is 21.1 Å². The Morgan fingerprint density at radius 2 is 2.24 bits per heavy atom. The molecule has 96 valence electrons. The van der Waals surface area contributed by atoms with E-state index in [1.54, 1.807) is 0 Å². The Balaban J connectivity index is 2.19. The van der Waals surface area contributed by atoms with E-state index in [9.17, 15) is 0 Å². The molecular weight excluding hydrogens is 230 g/mol. The Morgan fingerprint density at radius 3 is 2.88 bits per heavy atom. The summed E-state index contributed by atoms with van der Waals surface area (Å²) in [4.78, 5) is 4.29. The molecule has 4 heteroatoms. The molecule has 1 aromatic heterocycles. The van der Waals surface area contributed by atoms with Crippen molar-refractivity contribution in [2.75, 3.05) is 6.26 Å². The average Bonchev–Trinajstić information content (AvgIpc) is 2.77. The number of nitrogens with two attached hydrogens (primary N) is 1. The maximum Gasteiger partial charge on any atom is 0.0951 e. The van der Waals surface area contributed by atoms with E-state index in [-0.39, 0.29) is 5.54 Å². The molecule has 2 unspecified atom stereocenters. The van der Waals surface area contributed by atoms with E-state index in [1.807, 2.05) is 24.3 Å². The van der Waals surface area contributed by atoms with Crippen molar-refractivity contribution in [1.82, 2.24) is 9.55 Å². The van der Waals surface area contributed by atoms with Gasteiger partial charge in [0, 0.05) is 17.5 Å². The Bertz CT molecular complexity index is 367. The van der Waals surface area contributed by atoms with Crippen LogP contribution >= 0.6 is 11.8 Å². The van der Waals surface area contributed by atoms with Crippen LogP contribution in [0.15, 0.2) is 12.5 Å². The van der Waals surface area contributed by atoms with Crippen LogP contribution in [0.5, 0.6) is 0 Å². The first kappa shape index (κ1) is 13.0. The topological polar surface area (TPSA) is 43.8 Å². The number of nitrogens with zero attached hydrogens (tertiary/aromatic N) is 2. The standard InChI is InChI=1S/C13H23N3S/c1-13(2,14)12-8-15-9-16(12)10-5-4-6-11(7-10)17-3/h8-11H,4-7,14H2,1-3H3. The third-order valence-electron chi connectivity index (χ3n) is 3.65. The van der Waals surface area contributed by atoms with Gasteiger partial charge in [-0.3, -0.25) is 0 Å². The van der Waals surface area contributed by atoms with E-state index in [2.05, 4.69) is 29.7 Å². The van der Waals surface area contributed by atoms with Crippen LogP contribution in [-0.2, 0) is 5.54 Å². The molecule has 2 atom stereocenters. The number of aromatic nitrogens is 2. The second-order valence-corrected chi connectivity index (χ2v) is 6.72. The summed E-state index contributed by atoms with van der Waals surface area (Å²) in [6.45, 7) is 4.10. The molecule has 0 amide bonds. The zero-order valence-electron chi connectivity index (χ0n) is 11.0. The van der Waals surface area contributed by atoms with Crippen LogP contribution in [0.3, 0.4) is 0 Å². The third kappa shape index (κ3) is 2.86. The van der Waals surface area contributed by atoms with Gasteiger partial charge in [-0.15, -0.1) is 0 Å². The van der Waals surface area contributed by atoms with E-state index in [4.69, 9.17) is 5.73 Å². The summed E-state index contributed by atoms with van der Waals surface area (Å²) in [5.74, 6) is 0. The van der Waals surface area contributed by atoms with E-state index in [0.29, 0.717) is 6.04 Å². The molecule has 1 heterocycles. The summed E-state index contributed by atoms with van der Waals surface area (Å²) in [6.07, 6.45) is 11.3. The Labute approximate surface area is 108 Å². The number of hydrogen-bond acceptors (Lipinski definition) is 3. The Kier molecular flexibility index (Phi) is 3.83. The second-order valence-electron chi connectivity index (χ2n) is 5.59. The highest BCUT2D eigenvalue weighted by molar-refractivity contribution is 7.99. The Hall–Kier alpha value is -0.480. The van der Waals surface area contributed by atoms with Crippen molar-refractivity contribution in [2.24, 2.45) is 5.73 Å². The highest BCUT2D eigenvalue weighted by Gasteiger charge is 2.27. The van der Waals surface area contributed by atoms with Crippen molar-refractivity contribution in [2.45, 2.75) is 56.4 Å². The lowest BCUT2D eigenvalue weighted by Crippen LogP contribution is -2.33. The SMILES string of the molecule is CSC1CCCC(n2cncc2C(C)(C)N)C1. The minimum Gasteiger partial charge on any atom is -0.330 e. The largest absolute Gasteiger partial charge is 0.330 e. The van der Waals surface area contributed by atoms with Gasteiger partial charge >= 0.3 is 0 Å². The molecule has 1 fully saturated rings. The first-order chi connectivity index (χ1) is 8.02. The molecule has 1 saturated carbocycles. The highest BCUT2D eigenvalue weighted by Crippen LogP contribution is 2.35. The predicted molar refractivity (Wildman–Crippen MR) is 74.2 cm³/mol. The second kappa shape index (κ2) is 5.02. The van der Waals surface area contributed by atoms with Crippen molar-refractivity contribution in [3.8, 4) is 0 Å². The Morgan fingerprint density at radius 1 is 1.47 bits per heavy atom. The fourth-order valence-electron chi connectivity index (χ4n) is 2.68. The summed E-state index contributed by atoms with van der Waals surface area (Å²) in [5.41, 5.74) is 7.06. The third-order valence-corrected chi connectivity index (χ3v) is 4.75. The predicted octanol–water partition coefficient (Wildman–Crippen LogP) is 2.92. The summed E-state index contributed by atoms with van der Waals surface area (Å²) in [7, 11) is 0. The minimum absolute atomic E-state index is 0.303. The zero-order chi connectivity index (χ0) is 12.5. The average molecular weight is 253 g/mol. The van der Waals surface area contributed by atoms with Crippen molar-refractivity contribution in [3.05, 3.63) is 18.2 Å². The van der Waals surface area contributed by atoms with Crippen molar-refractivity contribution >= 4 is 11.8 Å². The highest BCUT2D eigenvalue weighted by atomic mass is 32.2. The van der Waals surface area contributed by atoms with Gasteiger partial charge in [0.25, 0.3) is 0 Å². The molecule has 2 rings (SSSR count). The first-order valence-electron chi connectivity index (χ1n) is 6.36. The number of thioether (sulfide) groups is 1. The van der Waals surface area contributed by atoms with Gasteiger partial charge in [-0.2, -0.15) is 11.8 Å². The molecule has 1 aliphatic rings. The van der Waals surface area contributed by atoms with Gasteiger partial charge in [0.15, 0.2) is 0 Å². The molecule has 0 aromatic carbocycles. The maximum absolute atomic E-state index is 6.21. The van der Waals surface area contributed by atoms with Gasteiger partial charge in [-0.05, 0) is 39.4 Å². The molecule has 0 saturated heterocycles. The fraction of sp³-hybridized carbons (Fsp3) is 0.769. The lowest BCUT2D eigenvalue weighted by molar-refractivity contribution is 0.337. The summed E-state index contributed by atoms with van der Waals surface area (Å²) >= 11 is 2.00. The number of rotatable bonds is 3. The van der Waals surface area contributed by atoms with Crippen molar-refractivity contribution in [1.29, 1.82) is 0 Å². The minimum atomic E-state index is -0.303. The van der Waals surface area contributed by atoms with Crippen LogP contribution in [0.2, 0.25) is 0 Å². The van der Waals surface area contributed by atoms with Gasteiger partial charge < -0.3 is 10.3 Å². The molecule has 0 radical (unpaired) electrons. The quantitative estimate of drug-likeness (QED) is 0.900. The van der Waals surface area contributed by atoms with E-state index < -0.39 is 0 Å². The molecule has 2 N–H and O–H groups in total. The van der Waals surface area contributed by atoms with Crippen LogP contribution in [0.1, 0.15) is 51.3 Å². The number of hydrogen-bond donors (Lipinski definition) is 1. The van der Waals surface area contributed by atoms with E-state index in [0.717, 1.165) is 10.9 Å². The van der Waals surface area contributed by atoms with Gasteiger partial charge in [0.1, 0.15) is 0 Å². The van der Waals surface area contributed by atoms with Crippen LogP contribution in [0.25, 0.3) is 0 Å². The van der Waals surface area contributed by atoms with Crippen LogP contribution < -0.4 is 5.73 Å². The van der Waals surface area contributed by atoms with E-state index >= 15 is 0 Å². The molecule has 1 aliphatic carbocycles. The van der Waals surface area contributed by atoms with Gasteiger partial charge in [0.05, 0.1) is 17.6 Å². The normalized spacial score (nSPS) is 26.1. The molecule has 0 aliphatic heterocycles. The molecule has 0 spiro atoms. The van der Waals surface area contributed by atoms with Gasteiger partial charge in [-0.1, -0.05) is 6.42 Å². The van der Waals surface area contributed by atoms with Gasteiger partial charge in [0.2, 0.25) is 0 Å². The van der Waals surface area contributed by atoms with Crippen LogP contribution in [0.4, 0.5) is 0 Å². The molecule has 0 bridgehead atoms. The van der Waals surface area contributed by atoms with Crippen LogP contribution in [0, 0.1) is 0 Å². The van der Waals surface area contributed by atoms with Gasteiger partial charge in [-0.25, -0.2) is 4.98 Å². The smallest absolute Gasteiger partial charge is 0.0951 e. The molecule has 17 heavy (non-hydrogen) atoms. The van der Waals surface area contributed by atoms with Crippen molar-refractivity contribution < 1.29 is 0 Å². The first-order valence-corrected chi connectivity index (χ1v) is 7.65. The zero-order valence-corrected chi connectivity index (χ0v) is 11.8. The summed E-state index contributed by atoms with van der Waals surface area (Å²) < 4.78 is 2.31. The maximum atomic E-state index is 6.21. The summed E-state index contributed by atoms with van der Waals surface area (Å²) in [5, 5.41) is 0.796. The molecule has 1 aromatic rings. The number of imidazole rings is 1. The lowest BCUT2D eigenvalue weighted by atomic mass is 9.93.